The fourth-order valence-electron chi connectivity index (χ4n) is 4.96. The predicted molar refractivity (Wildman–Crippen MR) is 156 cm³/mol. The number of amides is 1. The molecule has 41 heavy (non-hydrogen) atoms. The van der Waals surface area contributed by atoms with Crippen molar-refractivity contribution in [1.29, 1.82) is 0 Å². The number of carbonyl (C=O) groups excluding carboxylic acids is 1. The summed E-state index contributed by atoms with van der Waals surface area (Å²) in [6, 6.07) is 9.62. The summed E-state index contributed by atoms with van der Waals surface area (Å²) in [5, 5.41) is 11.6. The van der Waals surface area contributed by atoms with Crippen LogP contribution >= 0.6 is 0 Å². The van der Waals surface area contributed by atoms with Gasteiger partial charge in [-0.15, -0.1) is 0 Å². The molecule has 1 fully saturated rings. The van der Waals surface area contributed by atoms with Crippen LogP contribution in [0.5, 0.6) is 6.01 Å². The van der Waals surface area contributed by atoms with Gasteiger partial charge in [0, 0.05) is 61.4 Å². The number of nitrogens with one attached hydrogen (secondary N) is 3. The van der Waals surface area contributed by atoms with Gasteiger partial charge in [-0.25, -0.2) is 15.0 Å². The normalized spacial score (nSPS) is 15.3. The molecule has 0 radical (unpaired) electrons. The molecule has 4 aromatic heterocycles. The molecule has 1 amide bonds. The Bertz CT molecular complexity index is 1710. The van der Waals surface area contributed by atoms with E-state index in [1.165, 1.54) is 0 Å². The van der Waals surface area contributed by atoms with Gasteiger partial charge in [-0.2, -0.15) is 10.1 Å². The highest BCUT2D eigenvalue weighted by molar-refractivity contribution is 6.06. The molecule has 13 heteroatoms. The number of benzene rings is 1. The summed E-state index contributed by atoms with van der Waals surface area (Å²) >= 11 is 0. The lowest BCUT2D eigenvalue weighted by molar-refractivity contribution is -0.117. The first-order valence-electron chi connectivity index (χ1n) is 13.3. The van der Waals surface area contributed by atoms with E-state index in [0.29, 0.717) is 29.8 Å². The lowest BCUT2D eigenvalue weighted by atomic mass is 10.1. The Kier molecular flexibility index (Phi) is 6.93. The molecular formula is C28H31N11O2. The van der Waals surface area contributed by atoms with E-state index >= 15 is 0 Å². The first-order valence-corrected chi connectivity index (χ1v) is 13.3. The van der Waals surface area contributed by atoms with Crippen LogP contribution in [0, 0.1) is 13.8 Å². The van der Waals surface area contributed by atoms with Crippen molar-refractivity contribution in [3.63, 3.8) is 0 Å². The number of H-pyrrole nitrogens is 1. The average molecular weight is 554 g/mol. The van der Waals surface area contributed by atoms with E-state index in [1.54, 1.807) is 23.1 Å². The molecule has 5 aromatic rings. The third-order valence-corrected chi connectivity index (χ3v) is 7.09. The number of rotatable bonds is 8. The van der Waals surface area contributed by atoms with Gasteiger partial charge in [-0.05, 0) is 38.0 Å². The van der Waals surface area contributed by atoms with E-state index in [2.05, 4.69) is 40.6 Å². The van der Waals surface area contributed by atoms with Crippen molar-refractivity contribution in [2.24, 2.45) is 7.05 Å². The number of aryl methyl sites for hydroxylation is 3. The van der Waals surface area contributed by atoms with Crippen LogP contribution in [0.4, 0.5) is 23.3 Å². The number of anilines is 4. The number of ether oxygens (including phenoxy) is 1. The smallest absolute Gasteiger partial charge is 0.318 e. The lowest BCUT2D eigenvalue weighted by Crippen LogP contribution is -2.33. The maximum absolute atomic E-state index is 13.0. The number of para-hydroxylation sites is 1. The van der Waals surface area contributed by atoms with Crippen molar-refractivity contribution in [2.75, 3.05) is 36.0 Å². The molecule has 0 aliphatic carbocycles. The first kappa shape index (κ1) is 26.2. The van der Waals surface area contributed by atoms with E-state index in [4.69, 9.17) is 15.5 Å². The number of hydrogen-bond acceptors (Lipinski definition) is 10. The fourth-order valence-corrected chi connectivity index (χ4v) is 4.96. The van der Waals surface area contributed by atoms with Crippen molar-refractivity contribution in [1.82, 2.24) is 39.6 Å². The zero-order valence-corrected chi connectivity index (χ0v) is 23.0. The van der Waals surface area contributed by atoms with Crippen LogP contribution in [0.15, 0.2) is 48.9 Å². The van der Waals surface area contributed by atoms with Gasteiger partial charge in [0.2, 0.25) is 11.9 Å². The van der Waals surface area contributed by atoms with Gasteiger partial charge in [-0.3, -0.25) is 14.4 Å². The Morgan fingerprint density at radius 3 is 2.90 bits per heavy atom. The zero-order valence-electron chi connectivity index (χ0n) is 23.0. The Balaban J connectivity index is 1.14. The molecule has 6 rings (SSSR count). The molecule has 5 heterocycles. The topological polar surface area (TPSA) is 165 Å². The molecule has 0 spiro atoms. The molecule has 210 valence electrons. The molecular weight excluding hydrogens is 522 g/mol. The third kappa shape index (κ3) is 5.65. The van der Waals surface area contributed by atoms with Gasteiger partial charge < -0.3 is 26.1 Å². The highest BCUT2D eigenvalue weighted by Gasteiger charge is 2.26. The second-order valence-electron chi connectivity index (χ2n) is 10.2. The van der Waals surface area contributed by atoms with Gasteiger partial charge in [0.1, 0.15) is 11.9 Å². The van der Waals surface area contributed by atoms with Gasteiger partial charge in [-0.1, -0.05) is 12.1 Å². The maximum atomic E-state index is 13.0. The fraction of sp³-hybridized carbons (Fsp3) is 0.286. The van der Waals surface area contributed by atoms with E-state index in [1.807, 2.05) is 51.4 Å². The SMILES string of the molecule is Cc1cnc(Nc2cc(C)n(C)n2)nc1-c1c[nH]c2c(NC(=O)CN3CC[C@H](Oc4nccc(N)n4)C3)cccc12. The van der Waals surface area contributed by atoms with Crippen LogP contribution in [0.3, 0.4) is 0 Å². The number of aromatic nitrogens is 7. The van der Waals surface area contributed by atoms with E-state index in [-0.39, 0.29) is 24.6 Å². The van der Waals surface area contributed by atoms with Crippen LogP contribution < -0.4 is 21.1 Å². The molecule has 0 saturated carbocycles. The standard InChI is InChI=1S/C28H31N11O2/c1-16-12-32-27(35-23-11-17(2)38(3)37-23)36-25(16)20-13-31-26-19(20)5-4-6-21(26)33-24(40)15-39-10-8-18(14-39)41-28-30-9-7-22(29)34-28/h4-7,9,11-13,18,31H,8,10,14-15H2,1-3H3,(H,33,40)(H2,29,30,34)(H,32,35,36,37)/t18-/m0/s1. The number of hydrogen-bond donors (Lipinski definition) is 4. The van der Waals surface area contributed by atoms with Crippen molar-refractivity contribution in [3.8, 4) is 17.3 Å². The molecule has 1 aromatic carbocycles. The Morgan fingerprint density at radius 1 is 1.22 bits per heavy atom. The first-order chi connectivity index (χ1) is 19.8. The van der Waals surface area contributed by atoms with Crippen molar-refractivity contribution in [2.45, 2.75) is 26.4 Å². The maximum Gasteiger partial charge on any atom is 0.318 e. The zero-order chi connectivity index (χ0) is 28.5. The average Bonchev–Trinajstić information content (AvgIpc) is 3.64. The minimum absolute atomic E-state index is 0.101. The van der Waals surface area contributed by atoms with Crippen LogP contribution in [-0.2, 0) is 11.8 Å². The summed E-state index contributed by atoms with van der Waals surface area (Å²) in [5.41, 5.74) is 10.9. The molecule has 0 unspecified atom stereocenters. The number of likely N-dealkylation sites (tertiary alicyclic amines) is 1. The number of nitrogens with two attached hydrogens (primary N) is 1. The minimum Gasteiger partial charge on any atom is -0.459 e. The molecule has 13 nitrogen and oxygen atoms in total. The number of nitrogen functional groups attached to an aromatic ring is 1. The van der Waals surface area contributed by atoms with Crippen LogP contribution in [-0.4, -0.2) is 71.2 Å². The van der Waals surface area contributed by atoms with Crippen LogP contribution in [0.1, 0.15) is 17.7 Å². The van der Waals surface area contributed by atoms with Gasteiger partial charge >= 0.3 is 6.01 Å². The monoisotopic (exact) mass is 553 g/mol. The minimum atomic E-state index is -0.107. The Labute approximate surface area is 236 Å². The summed E-state index contributed by atoms with van der Waals surface area (Å²) in [5.74, 6) is 1.39. The summed E-state index contributed by atoms with van der Waals surface area (Å²) < 4.78 is 7.64. The van der Waals surface area contributed by atoms with Crippen molar-refractivity contribution < 1.29 is 9.53 Å². The molecule has 1 atom stereocenters. The largest absolute Gasteiger partial charge is 0.459 e. The number of carbonyl (C=O) groups is 1. The Hall–Kier alpha value is -5.04. The van der Waals surface area contributed by atoms with Gasteiger partial charge in [0.25, 0.3) is 0 Å². The van der Waals surface area contributed by atoms with Crippen LogP contribution in [0.2, 0.25) is 0 Å². The molecule has 1 saturated heterocycles. The highest BCUT2D eigenvalue weighted by Crippen LogP contribution is 2.33. The second-order valence-corrected chi connectivity index (χ2v) is 10.2. The quantitative estimate of drug-likeness (QED) is 0.224. The highest BCUT2D eigenvalue weighted by atomic mass is 16.5. The van der Waals surface area contributed by atoms with E-state index in [9.17, 15) is 4.79 Å². The number of nitrogens with zero attached hydrogens (tertiary/aromatic N) is 7. The summed E-state index contributed by atoms with van der Waals surface area (Å²) in [7, 11) is 1.89. The summed E-state index contributed by atoms with van der Waals surface area (Å²) in [6.07, 6.45) is 5.93. The van der Waals surface area contributed by atoms with E-state index in [0.717, 1.165) is 46.4 Å². The van der Waals surface area contributed by atoms with Crippen molar-refractivity contribution in [3.05, 3.63) is 60.2 Å². The molecule has 1 aliphatic heterocycles. The second kappa shape index (κ2) is 10.8. The van der Waals surface area contributed by atoms with Gasteiger partial charge in [0.05, 0.1) is 23.4 Å². The Morgan fingerprint density at radius 2 is 2.10 bits per heavy atom. The molecule has 5 N–H and O–H groups in total. The predicted octanol–water partition coefficient (Wildman–Crippen LogP) is 3.18. The van der Waals surface area contributed by atoms with Crippen LogP contribution in [0.25, 0.3) is 22.2 Å². The summed E-state index contributed by atoms with van der Waals surface area (Å²) in [6.45, 7) is 5.54. The van der Waals surface area contributed by atoms with Gasteiger partial charge in [0.15, 0.2) is 5.82 Å². The summed E-state index contributed by atoms with van der Waals surface area (Å²) in [4.78, 5) is 35.8. The number of fused-ring (bicyclic) bond motifs is 1. The molecule has 1 aliphatic rings. The molecule has 0 bridgehead atoms. The third-order valence-electron chi connectivity index (χ3n) is 7.09. The number of aromatic amines is 1. The van der Waals surface area contributed by atoms with Crippen molar-refractivity contribution >= 4 is 40.1 Å². The lowest BCUT2D eigenvalue weighted by Gasteiger charge is -2.16. The van der Waals surface area contributed by atoms with E-state index < -0.39 is 0 Å².